The van der Waals surface area contributed by atoms with Gasteiger partial charge in [0.25, 0.3) is 0 Å². The van der Waals surface area contributed by atoms with Gasteiger partial charge in [0, 0.05) is 32.0 Å². The van der Waals surface area contributed by atoms with Gasteiger partial charge in [0.2, 0.25) is 23.6 Å². The lowest BCUT2D eigenvalue weighted by molar-refractivity contribution is -0.157. The number of halogens is 1. The molecule has 0 spiro atoms. The van der Waals surface area contributed by atoms with E-state index < -0.39 is 35.4 Å². The fraction of sp³-hybridized carbons (Fsp3) is 0.487. The summed E-state index contributed by atoms with van der Waals surface area (Å²) in [7, 11) is 0. The van der Waals surface area contributed by atoms with E-state index in [4.69, 9.17) is 5.73 Å². The number of amides is 4. The second-order valence-electron chi connectivity index (χ2n) is 14.0. The minimum absolute atomic E-state index is 0.111. The van der Waals surface area contributed by atoms with E-state index in [-0.39, 0.29) is 43.3 Å². The predicted octanol–water partition coefficient (Wildman–Crippen LogP) is 4.50. The Balaban J connectivity index is 1.44. The van der Waals surface area contributed by atoms with Crippen LogP contribution in [0.15, 0.2) is 66.7 Å². The first-order chi connectivity index (χ1) is 23.4. The quantitative estimate of drug-likeness (QED) is 0.233. The average Bonchev–Trinajstić information content (AvgIpc) is 3.92. The molecular formula is C39H50FN5O4. The minimum atomic E-state index is -1.16. The van der Waals surface area contributed by atoms with Gasteiger partial charge < -0.3 is 26.2 Å². The number of fused-ring (bicyclic) bond motifs is 1. The van der Waals surface area contributed by atoms with Crippen molar-refractivity contribution in [1.29, 1.82) is 0 Å². The molecule has 3 atom stereocenters. The average molecular weight is 672 g/mol. The number of benzene rings is 3. The van der Waals surface area contributed by atoms with Crippen molar-refractivity contribution in [2.45, 2.75) is 102 Å². The molecule has 2 fully saturated rings. The summed E-state index contributed by atoms with van der Waals surface area (Å²) >= 11 is 0. The van der Waals surface area contributed by atoms with Gasteiger partial charge >= 0.3 is 0 Å². The molecule has 4 amide bonds. The summed E-state index contributed by atoms with van der Waals surface area (Å²) < 4.78 is 13.8. The third-order valence-corrected chi connectivity index (χ3v) is 10.1. The summed E-state index contributed by atoms with van der Waals surface area (Å²) in [6.07, 6.45) is 3.63. The first kappa shape index (κ1) is 36.0. The molecule has 1 aliphatic heterocycles. The zero-order valence-corrected chi connectivity index (χ0v) is 29.1. The van der Waals surface area contributed by atoms with Crippen LogP contribution in [0.1, 0.15) is 70.9 Å². The van der Waals surface area contributed by atoms with Crippen LogP contribution in [0.5, 0.6) is 0 Å². The number of carbonyl (C=O) groups is 4. The van der Waals surface area contributed by atoms with Crippen LogP contribution in [0.2, 0.25) is 0 Å². The molecular weight excluding hydrogens is 621 g/mol. The first-order valence-electron chi connectivity index (χ1n) is 17.7. The Morgan fingerprint density at radius 2 is 1.55 bits per heavy atom. The van der Waals surface area contributed by atoms with Crippen LogP contribution in [0.3, 0.4) is 0 Å². The number of nitrogens with two attached hydrogens (primary N) is 1. The Hall–Kier alpha value is -4.31. The van der Waals surface area contributed by atoms with Crippen molar-refractivity contribution in [2.24, 2.45) is 11.7 Å². The summed E-state index contributed by atoms with van der Waals surface area (Å²) in [5.41, 5.74) is 6.87. The van der Waals surface area contributed by atoms with Crippen LogP contribution in [0.25, 0.3) is 10.8 Å². The Morgan fingerprint density at radius 3 is 2.18 bits per heavy atom. The topological polar surface area (TPSA) is 125 Å². The number of rotatable bonds is 14. The Labute approximate surface area is 288 Å². The third kappa shape index (κ3) is 8.65. The molecule has 1 saturated carbocycles. The molecule has 9 nitrogen and oxygen atoms in total. The molecule has 4 N–H and O–H groups in total. The van der Waals surface area contributed by atoms with Gasteiger partial charge in [0.1, 0.15) is 23.9 Å². The maximum atomic E-state index is 14.5. The second-order valence-corrected chi connectivity index (χ2v) is 14.0. The van der Waals surface area contributed by atoms with Crippen molar-refractivity contribution in [1.82, 2.24) is 20.4 Å². The number of piperazine rings is 1. The lowest BCUT2D eigenvalue weighted by atomic mass is 9.92. The number of nitrogens with one attached hydrogen (secondary N) is 2. The first-order valence-corrected chi connectivity index (χ1v) is 17.7. The molecule has 1 saturated heterocycles. The Morgan fingerprint density at radius 1 is 0.898 bits per heavy atom. The van der Waals surface area contributed by atoms with Crippen LogP contribution in [0.4, 0.5) is 4.39 Å². The maximum Gasteiger partial charge on any atom is 0.246 e. The number of hydrogen-bond acceptors (Lipinski definition) is 5. The molecule has 0 aromatic heterocycles. The van der Waals surface area contributed by atoms with E-state index in [0.717, 1.165) is 29.2 Å². The van der Waals surface area contributed by atoms with Crippen LogP contribution in [-0.4, -0.2) is 76.2 Å². The van der Waals surface area contributed by atoms with Gasteiger partial charge in [-0.15, -0.1) is 0 Å². The highest BCUT2D eigenvalue weighted by molar-refractivity contribution is 5.96. The zero-order chi connectivity index (χ0) is 35.3. The van der Waals surface area contributed by atoms with Gasteiger partial charge in [-0.05, 0) is 73.1 Å². The molecule has 1 aliphatic carbocycles. The fourth-order valence-electron chi connectivity index (χ4n) is 6.72. The van der Waals surface area contributed by atoms with Crippen LogP contribution in [-0.2, 0) is 32.0 Å². The molecule has 49 heavy (non-hydrogen) atoms. The molecule has 3 aromatic rings. The standard InChI is InChI=1S/C39H50FN5O4/c1-5-39(41,6-2)38(49)43-32(22-26-14-17-31(40)18-15-26)36(47)45-20-19-44(37(48)34(45)23-27-11-12-27)33(35(46)42-25(3)4)24-28-13-16-29-9-7-8-10-30(29)21-28/h7-10,13-18,21,25,27,32-34H,5-6,11-12,19-20,22-24,41H2,1-4H3,(H,42,46)(H,43,49). The van der Waals surface area contributed by atoms with Crippen LogP contribution < -0.4 is 16.4 Å². The number of carbonyl (C=O) groups excluding carboxylic acids is 4. The van der Waals surface area contributed by atoms with Gasteiger partial charge in [-0.2, -0.15) is 0 Å². The van der Waals surface area contributed by atoms with E-state index in [1.807, 2.05) is 64.1 Å². The van der Waals surface area contributed by atoms with Gasteiger partial charge in [0.15, 0.2) is 0 Å². The summed E-state index contributed by atoms with van der Waals surface area (Å²) in [4.78, 5) is 59.5. The highest BCUT2D eigenvalue weighted by Gasteiger charge is 2.46. The Bertz CT molecular complexity index is 1650. The van der Waals surface area contributed by atoms with Crippen LogP contribution in [0, 0.1) is 11.7 Å². The summed E-state index contributed by atoms with van der Waals surface area (Å²) in [6.45, 7) is 7.80. The predicted molar refractivity (Wildman–Crippen MR) is 189 cm³/mol. The Kier molecular flexibility index (Phi) is 11.4. The molecule has 3 unspecified atom stereocenters. The highest BCUT2D eigenvalue weighted by Crippen LogP contribution is 2.36. The van der Waals surface area contributed by atoms with Gasteiger partial charge in [-0.25, -0.2) is 4.39 Å². The van der Waals surface area contributed by atoms with Crippen molar-refractivity contribution >= 4 is 34.4 Å². The van der Waals surface area contributed by atoms with E-state index >= 15 is 0 Å². The van der Waals surface area contributed by atoms with Gasteiger partial charge in [-0.1, -0.05) is 81.3 Å². The summed E-state index contributed by atoms with van der Waals surface area (Å²) in [5, 5.41) is 8.07. The van der Waals surface area contributed by atoms with E-state index in [1.165, 1.54) is 12.1 Å². The van der Waals surface area contributed by atoms with E-state index in [1.54, 1.807) is 21.9 Å². The third-order valence-electron chi connectivity index (χ3n) is 10.1. The molecule has 1 heterocycles. The molecule has 0 bridgehead atoms. The van der Waals surface area contributed by atoms with Crippen LogP contribution >= 0.6 is 0 Å². The normalized spacial score (nSPS) is 18.0. The lowest BCUT2D eigenvalue weighted by Crippen LogP contribution is -2.67. The lowest BCUT2D eigenvalue weighted by Gasteiger charge is -2.45. The van der Waals surface area contributed by atoms with Crippen molar-refractivity contribution in [3.8, 4) is 0 Å². The number of hydrogen-bond donors (Lipinski definition) is 3. The molecule has 0 radical (unpaired) electrons. The number of nitrogens with zero attached hydrogens (tertiary/aromatic N) is 2. The van der Waals surface area contributed by atoms with Gasteiger partial charge in [-0.3, -0.25) is 19.2 Å². The van der Waals surface area contributed by atoms with E-state index in [2.05, 4.69) is 16.7 Å². The van der Waals surface area contributed by atoms with Crippen molar-refractivity contribution in [3.63, 3.8) is 0 Å². The molecule has 2 aliphatic rings. The monoisotopic (exact) mass is 671 g/mol. The highest BCUT2D eigenvalue weighted by atomic mass is 19.1. The van der Waals surface area contributed by atoms with Crippen molar-refractivity contribution in [2.75, 3.05) is 13.1 Å². The molecule has 5 rings (SSSR count). The largest absolute Gasteiger partial charge is 0.352 e. The minimum Gasteiger partial charge on any atom is -0.352 e. The molecule has 3 aromatic carbocycles. The molecule has 10 heteroatoms. The zero-order valence-electron chi connectivity index (χ0n) is 29.1. The second kappa shape index (κ2) is 15.5. The summed E-state index contributed by atoms with van der Waals surface area (Å²) in [6, 6.07) is 17.2. The van der Waals surface area contributed by atoms with E-state index in [9.17, 15) is 23.6 Å². The fourth-order valence-corrected chi connectivity index (χ4v) is 6.72. The smallest absolute Gasteiger partial charge is 0.246 e. The van der Waals surface area contributed by atoms with Gasteiger partial charge in [0.05, 0.1) is 5.54 Å². The SMILES string of the molecule is CCC(N)(CC)C(=O)NC(Cc1ccc(F)cc1)C(=O)N1CCN(C(Cc2ccc3ccccc3c2)C(=O)NC(C)C)C(=O)C1CC1CC1. The van der Waals surface area contributed by atoms with E-state index in [0.29, 0.717) is 37.2 Å². The van der Waals surface area contributed by atoms with Crippen molar-refractivity contribution in [3.05, 3.63) is 83.7 Å². The molecule has 262 valence electrons. The van der Waals surface area contributed by atoms with Crippen molar-refractivity contribution < 1.29 is 23.6 Å². The summed E-state index contributed by atoms with van der Waals surface area (Å²) in [5.74, 6) is -1.43. The maximum absolute atomic E-state index is 14.5.